The zero-order valence-electron chi connectivity index (χ0n) is 18.1. The highest BCUT2D eigenvalue weighted by Crippen LogP contribution is 2.33. The monoisotopic (exact) mass is 465 g/mol. The maximum atomic E-state index is 13.6. The van der Waals surface area contributed by atoms with E-state index in [0.29, 0.717) is 17.7 Å². The first kappa shape index (κ1) is 24.0. The second-order valence-electron chi connectivity index (χ2n) is 8.02. The largest absolute Gasteiger partial charge is 0.416 e. The van der Waals surface area contributed by atoms with E-state index in [9.17, 15) is 26.4 Å². The summed E-state index contributed by atoms with van der Waals surface area (Å²) >= 11 is 0. The highest BCUT2D eigenvalue weighted by molar-refractivity contribution is 7.92. The molecule has 2 aromatic rings. The van der Waals surface area contributed by atoms with Crippen LogP contribution in [-0.4, -0.2) is 20.7 Å². The number of halogens is 3. The molecule has 0 radical (unpaired) electrons. The number of alkyl halides is 3. The standard InChI is InChI=1S/C24H26F3NO3S/c1-17-16-21(24(25,26)27)10-13-23(17)32(30,31)28(15-14-19-6-4-3-5-7-19)22-11-8-20(9-12-22)18(2)29/h6,8-13,16H,3-5,7,14-15H2,1-2H3. The lowest BCUT2D eigenvalue weighted by Crippen LogP contribution is -2.33. The molecule has 0 fully saturated rings. The molecule has 172 valence electrons. The second kappa shape index (κ2) is 9.48. The van der Waals surface area contributed by atoms with Crippen molar-refractivity contribution in [3.05, 3.63) is 70.8 Å². The highest BCUT2D eigenvalue weighted by Gasteiger charge is 2.33. The first-order chi connectivity index (χ1) is 15.0. The van der Waals surface area contributed by atoms with E-state index >= 15 is 0 Å². The Morgan fingerprint density at radius 1 is 1.06 bits per heavy atom. The third-order valence-corrected chi connectivity index (χ3v) is 7.64. The smallest absolute Gasteiger partial charge is 0.295 e. The summed E-state index contributed by atoms with van der Waals surface area (Å²) in [4.78, 5) is 11.4. The van der Waals surface area contributed by atoms with Gasteiger partial charge in [0, 0.05) is 12.1 Å². The van der Waals surface area contributed by atoms with E-state index in [1.54, 1.807) is 24.3 Å². The lowest BCUT2D eigenvalue weighted by molar-refractivity contribution is -0.137. The van der Waals surface area contributed by atoms with Crippen LogP contribution in [0.2, 0.25) is 0 Å². The van der Waals surface area contributed by atoms with Gasteiger partial charge in [0.15, 0.2) is 5.78 Å². The fourth-order valence-electron chi connectivity index (χ4n) is 3.86. The van der Waals surface area contributed by atoms with E-state index < -0.39 is 21.8 Å². The average Bonchev–Trinajstić information content (AvgIpc) is 2.74. The van der Waals surface area contributed by atoms with E-state index in [2.05, 4.69) is 6.08 Å². The fourth-order valence-corrected chi connectivity index (χ4v) is 5.54. The molecule has 0 heterocycles. The number of rotatable bonds is 7. The zero-order valence-corrected chi connectivity index (χ0v) is 18.9. The topological polar surface area (TPSA) is 54.5 Å². The Morgan fingerprint density at radius 3 is 2.28 bits per heavy atom. The normalized spacial score (nSPS) is 14.7. The molecule has 8 heteroatoms. The van der Waals surface area contributed by atoms with Gasteiger partial charge >= 0.3 is 6.18 Å². The number of Topliss-reactive ketones (excluding diaryl/α,β-unsaturated/α-hetero) is 1. The molecule has 0 spiro atoms. The third kappa shape index (κ3) is 5.41. The summed E-state index contributed by atoms with van der Waals surface area (Å²) in [6.45, 7) is 2.95. The molecule has 3 rings (SSSR count). The van der Waals surface area contributed by atoms with Crippen molar-refractivity contribution < 1.29 is 26.4 Å². The summed E-state index contributed by atoms with van der Waals surface area (Å²) < 4.78 is 67.5. The van der Waals surface area contributed by atoms with Crippen LogP contribution in [0.3, 0.4) is 0 Å². The summed E-state index contributed by atoms with van der Waals surface area (Å²) in [5.41, 5.74) is 1.14. The quantitative estimate of drug-likeness (QED) is 0.356. The van der Waals surface area contributed by atoms with Gasteiger partial charge in [-0.3, -0.25) is 9.10 Å². The average molecular weight is 466 g/mol. The van der Waals surface area contributed by atoms with Crippen LogP contribution in [0.1, 0.15) is 60.5 Å². The molecule has 0 aliphatic heterocycles. The molecular weight excluding hydrogens is 439 g/mol. The third-order valence-electron chi connectivity index (χ3n) is 5.65. The Bertz CT molecular complexity index is 1120. The number of nitrogens with zero attached hydrogens (tertiary/aromatic N) is 1. The Labute approximate surface area is 186 Å². The maximum absolute atomic E-state index is 13.6. The van der Waals surface area contributed by atoms with Gasteiger partial charge in [-0.2, -0.15) is 13.2 Å². The predicted octanol–water partition coefficient (Wildman–Crippen LogP) is 6.30. The summed E-state index contributed by atoms with van der Waals surface area (Å²) in [7, 11) is -4.13. The molecule has 0 saturated heterocycles. The molecule has 1 aliphatic rings. The van der Waals surface area contributed by atoms with Gasteiger partial charge in [-0.05, 0) is 94.0 Å². The second-order valence-corrected chi connectivity index (χ2v) is 9.85. The van der Waals surface area contributed by atoms with Gasteiger partial charge in [0.05, 0.1) is 16.1 Å². The molecule has 0 bridgehead atoms. The van der Waals surface area contributed by atoms with Crippen LogP contribution in [0.15, 0.2) is 59.0 Å². The van der Waals surface area contributed by atoms with Crippen LogP contribution in [0.5, 0.6) is 0 Å². The number of aryl methyl sites for hydroxylation is 1. The van der Waals surface area contributed by atoms with Crippen LogP contribution in [0, 0.1) is 6.92 Å². The van der Waals surface area contributed by atoms with Crippen molar-refractivity contribution in [2.24, 2.45) is 0 Å². The van der Waals surface area contributed by atoms with E-state index in [1.807, 2.05) is 0 Å². The summed E-state index contributed by atoms with van der Waals surface area (Å²) in [6, 6.07) is 8.89. The highest BCUT2D eigenvalue weighted by atomic mass is 32.2. The summed E-state index contributed by atoms with van der Waals surface area (Å²) in [5, 5.41) is 0. The van der Waals surface area contributed by atoms with Crippen molar-refractivity contribution in [1.29, 1.82) is 0 Å². The molecule has 4 nitrogen and oxygen atoms in total. The minimum Gasteiger partial charge on any atom is -0.295 e. The number of allylic oxidation sites excluding steroid dienone is 1. The number of anilines is 1. The number of hydrogen-bond acceptors (Lipinski definition) is 3. The van der Waals surface area contributed by atoms with Gasteiger partial charge < -0.3 is 0 Å². The van der Waals surface area contributed by atoms with Crippen molar-refractivity contribution in [2.45, 2.75) is 57.0 Å². The maximum Gasteiger partial charge on any atom is 0.416 e. The van der Waals surface area contributed by atoms with Gasteiger partial charge in [0.1, 0.15) is 0 Å². The van der Waals surface area contributed by atoms with Crippen molar-refractivity contribution in [1.82, 2.24) is 0 Å². The summed E-state index contributed by atoms with van der Waals surface area (Å²) in [6.07, 6.45) is 2.17. The van der Waals surface area contributed by atoms with Crippen molar-refractivity contribution in [3.8, 4) is 0 Å². The van der Waals surface area contributed by atoms with Gasteiger partial charge in [-0.25, -0.2) is 8.42 Å². The number of benzene rings is 2. The van der Waals surface area contributed by atoms with Crippen LogP contribution in [0.4, 0.5) is 18.9 Å². The molecular formula is C24H26F3NO3S. The number of hydrogen-bond donors (Lipinski definition) is 0. The lowest BCUT2D eigenvalue weighted by Gasteiger charge is -2.27. The van der Waals surface area contributed by atoms with Crippen molar-refractivity contribution >= 4 is 21.5 Å². The molecule has 0 saturated carbocycles. The molecule has 0 N–H and O–H groups in total. The molecule has 0 aromatic heterocycles. The number of sulfonamides is 1. The number of carbonyl (C=O) groups excluding carboxylic acids is 1. The van der Waals surface area contributed by atoms with Crippen LogP contribution >= 0.6 is 0 Å². The SMILES string of the molecule is CC(=O)c1ccc(N(CCC2=CCCCC2)S(=O)(=O)c2ccc(C(F)(F)F)cc2C)cc1. The minimum absolute atomic E-state index is 0.0297. The Kier molecular flexibility index (Phi) is 7.12. The van der Waals surface area contributed by atoms with Gasteiger partial charge in [-0.1, -0.05) is 11.6 Å². The lowest BCUT2D eigenvalue weighted by atomic mass is 9.97. The Balaban J connectivity index is 2.00. The van der Waals surface area contributed by atoms with Gasteiger partial charge in [0.2, 0.25) is 0 Å². The van der Waals surface area contributed by atoms with Crippen LogP contribution in [0.25, 0.3) is 0 Å². The number of ketones is 1. The van der Waals surface area contributed by atoms with Crippen molar-refractivity contribution in [3.63, 3.8) is 0 Å². The molecule has 32 heavy (non-hydrogen) atoms. The molecule has 0 unspecified atom stereocenters. The number of carbonyl (C=O) groups is 1. The fraction of sp³-hybridized carbons (Fsp3) is 0.375. The minimum atomic E-state index is -4.55. The van der Waals surface area contributed by atoms with E-state index in [4.69, 9.17) is 0 Å². The van der Waals surface area contributed by atoms with Crippen LogP contribution < -0.4 is 4.31 Å². The van der Waals surface area contributed by atoms with Gasteiger partial charge in [-0.15, -0.1) is 0 Å². The first-order valence-electron chi connectivity index (χ1n) is 10.5. The predicted molar refractivity (Wildman–Crippen MR) is 118 cm³/mol. The van der Waals surface area contributed by atoms with Crippen LogP contribution in [-0.2, 0) is 16.2 Å². The summed E-state index contributed by atoms with van der Waals surface area (Å²) in [5.74, 6) is -0.142. The zero-order chi connectivity index (χ0) is 23.5. The molecule has 0 atom stereocenters. The molecule has 2 aromatic carbocycles. The molecule has 1 aliphatic carbocycles. The molecule has 0 amide bonds. The Hall–Kier alpha value is -2.61. The van der Waals surface area contributed by atoms with Crippen molar-refractivity contribution in [2.75, 3.05) is 10.8 Å². The van der Waals surface area contributed by atoms with E-state index in [0.717, 1.165) is 43.9 Å². The van der Waals surface area contributed by atoms with E-state index in [-0.39, 0.29) is 22.8 Å². The van der Waals surface area contributed by atoms with E-state index in [1.165, 1.54) is 23.7 Å². The Morgan fingerprint density at radius 2 is 1.75 bits per heavy atom. The first-order valence-corrected chi connectivity index (χ1v) is 11.9. The van der Waals surface area contributed by atoms with Gasteiger partial charge in [0.25, 0.3) is 10.0 Å².